The van der Waals surface area contributed by atoms with Crippen LogP contribution in [0.1, 0.15) is 17.7 Å². The molecule has 1 saturated heterocycles. The predicted molar refractivity (Wildman–Crippen MR) is 84.0 cm³/mol. The van der Waals surface area contributed by atoms with Crippen LogP contribution in [0.2, 0.25) is 0 Å². The first-order valence-corrected chi connectivity index (χ1v) is 8.32. The van der Waals surface area contributed by atoms with Gasteiger partial charge in [-0.3, -0.25) is 0 Å². The van der Waals surface area contributed by atoms with Crippen molar-refractivity contribution in [2.24, 2.45) is 0 Å². The van der Waals surface area contributed by atoms with E-state index in [1.165, 1.54) is 11.3 Å². The first kappa shape index (κ1) is 14.3. The zero-order chi connectivity index (χ0) is 14.7. The fourth-order valence-electron chi connectivity index (χ4n) is 2.13. The molecule has 6 nitrogen and oxygen atoms in total. The van der Waals surface area contributed by atoms with Crippen LogP contribution in [-0.4, -0.2) is 33.3 Å². The molecule has 1 aliphatic heterocycles. The summed E-state index contributed by atoms with van der Waals surface area (Å²) >= 11 is 3.04. The molecule has 0 aromatic carbocycles. The summed E-state index contributed by atoms with van der Waals surface area (Å²) in [5.41, 5.74) is 6.42. The third-order valence-electron chi connectivity index (χ3n) is 3.19. The molecule has 0 aliphatic carbocycles. The van der Waals surface area contributed by atoms with Crippen LogP contribution in [0.5, 0.6) is 0 Å². The maximum atomic E-state index is 8.95. The molecule has 0 radical (unpaired) electrons. The van der Waals surface area contributed by atoms with Crippen molar-refractivity contribution in [1.82, 2.24) is 20.3 Å². The van der Waals surface area contributed by atoms with Gasteiger partial charge in [0.05, 0.1) is 0 Å². The Balaban J connectivity index is 1.80. The molecule has 0 spiro atoms. The van der Waals surface area contributed by atoms with Crippen LogP contribution in [0.3, 0.4) is 0 Å². The SMILES string of the molecule is N#Cc1sc(-c2cc(SC3CCNCC3)ncn2)nc1N. The maximum absolute atomic E-state index is 8.95. The summed E-state index contributed by atoms with van der Waals surface area (Å²) < 4.78 is 0. The summed E-state index contributed by atoms with van der Waals surface area (Å²) in [6.45, 7) is 2.12. The average molecular weight is 318 g/mol. The molecule has 2 aromatic heterocycles. The van der Waals surface area contributed by atoms with E-state index in [2.05, 4.69) is 20.3 Å². The zero-order valence-corrected chi connectivity index (χ0v) is 12.9. The molecular formula is C13H14N6S2. The summed E-state index contributed by atoms with van der Waals surface area (Å²) in [5, 5.41) is 14.5. The number of thiazole rings is 1. The fraction of sp³-hybridized carbons (Fsp3) is 0.385. The third-order valence-corrected chi connectivity index (χ3v) is 5.46. The number of nitrogens with zero attached hydrogens (tertiary/aromatic N) is 4. The number of piperidine rings is 1. The van der Waals surface area contributed by atoms with Gasteiger partial charge >= 0.3 is 0 Å². The number of hydrogen-bond acceptors (Lipinski definition) is 8. The van der Waals surface area contributed by atoms with Crippen LogP contribution >= 0.6 is 23.1 Å². The Labute approximate surface area is 130 Å². The second kappa shape index (κ2) is 6.39. The van der Waals surface area contributed by atoms with Gasteiger partial charge in [0.1, 0.15) is 33.0 Å². The van der Waals surface area contributed by atoms with Gasteiger partial charge in [0.25, 0.3) is 0 Å². The molecule has 1 fully saturated rings. The molecule has 3 N–H and O–H groups in total. The van der Waals surface area contributed by atoms with Crippen molar-refractivity contribution in [1.29, 1.82) is 5.26 Å². The summed E-state index contributed by atoms with van der Waals surface area (Å²) in [6.07, 6.45) is 3.84. The second-order valence-corrected chi connectivity index (χ2v) is 6.97. The Kier molecular flexibility index (Phi) is 4.34. The first-order valence-electron chi connectivity index (χ1n) is 6.62. The van der Waals surface area contributed by atoms with Gasteiger partial charge in [-0.25, -0.2) is 15.0 Å². The number of hydrogen-bond donors (Lipinski definition) is 2. The number of rotatable bonds is 3. The van der Waals surface area contributed by atoms with Gasteiger partial charge in [-0.1, -0.05) is 11.3 Å². The fourth-order valence-corrected chi connectivity index (χ4v) is 3.98. The Morgan fingerprint density at radius 1 is 1.38 bits per heavy atom. The van der Waals surface area contributed by atoms with Crippen LogP contribution in [-0.2, 0) is 0 Å². The highest BCUT2D eigenvalue weighted by molar-refractivity contribution is 7.99. The zero-order valence-electron chi connectivity index (χ0n) is 11.2. The summed E-state index contributed by atoms with van der Waals surface area (Å²) in [6, 6.07) is 3.96. The Hall–Kier alpha value is -1.69. The molecule has 3 heterocycles. The molecule has 0 atom stereocenters. The average Bonchev–Trinajstić information content (AvgIpc) is 2.90. The summed E-state index contributed by atoms with van der Waals surface area (Å²) in [5.74, 6) is 0.267. The van der Waals surface area contributed by atoms with Crippen molar-refractivity contribution < 1.29 is 0 Å². The van der Waals surface area contributed by atoms with Gasteiger partial charge in [0.15, 0.2) is 5.82 Å². The van der Waals surface area contributed by atoms with E-state index in [9.17, 15) is 0 Å². The van der Waals surface area contributed by atoms with E-state index in [-0.39, 0.29) is 5.82 Å². The quantitative estimate of drug-likeness (QED) is 0.833. The van der Waals surface area contributed by atoms with Gasteiger partial charge in [0.2, 0.25) is 0 Å². The number of thioether (sulfide) groups is 1. The lowest BCUT2D eigenvalue weighted by molar-refractivity contribution is 0.531. The second-order valence-electron chi connectivity index (χ2n) is 4.65. The highest BCUT2D eigenvalue weighted by Crippen LogP contribution is 2.31. The van der Waals surface area contributed by atoms with E-state index < -0.39 is 0 Å². The number of anilines is 1. The van der Waals surface area contributed by atoms with E-state index in [1.807, 2.05) is 12.1 Å². The van der Waals surface area contributed by atoms with Crippen molar-refractivity contribution in [2.45, 2.75) is 23.1 Å². The smallest absolute Gasteiger partial charge is 0.153 e. The lowest BCUT2D eigenvalue weighted by Gasteiger charge is -2.21. The monoisotopic (exact) mass is 318 g/mol. The molecule has 108 valence electrons. The predicted octanol–water partition coefficient (Wildman–Crippen LogP) is 1.90. The van der Waals surface area contributed by atoms with Gasteiger partial charge < -0.3 is 11.1 Å². The van der Waals surface area contributed by atoms with Crippen molar-refractivity contribution in [3.05, 3.63) is 17.3 Å². The van der Waals surface area contributed by atoms with Crippen LogP contribution in [0, 0.1) is 11.3 Å². The maximum Gasteiger partial charge on any atom is 0.153 e. The minimum absolute atomic E-state index is 0.267. The van der Waals surface area contributed by atoms with Crippen LogP contribution in [0.4, 0.5) is 5.82 Å². The van der Waals surface area contributed by atoms with Gasteiger partial charge in [-0.2, -0.15) is 5.26 Å². The van der Waals surface area contributed by atoms with Crippen molar-refractivity contribution in [3.63, 3.8) is 0 Å². The first-order chi connectivity index (χ1) is 10.3. The molecule has 1 aliphatic rings. The van der Waals surface area contributed by atoms with E-state index in [1.54, 1.807) is 18.1 Å². The normalized spacial score (nSPS) is 15.8. The molecule has 3 rings (SSSR count). The van der Waals surface area contributed by atoms with Crippen LogP contribution in [0.25, 0.3) is 10.7 Å². The standard InChI is InChI=1S/C13H14N6S2/c14-6-10-12(15)19-13(21-10)9-5-11(18-7-17-9)20-8-1-3-16-4-2-8/h5,7-8,16H,1-4,15H2. The van der Waals surface area contributed by atoms with E-state index in [0.29, 0.717) is 15.1 Å². The minimum atomic E-state index is 0.267. The Morgan fingerprint density at radius 3 is 2.90 bits per heavy atom. The Bertz CT molecular complexity index is 672. The van der Waals surface area contributed by atoms with E-state index in [4.69, 9.17) is 11.0 Å². The molecular weight excluding hydrogens is 304 g/mol. The highest BCUT2D eigenvalue weighted by Gasteiger charge is 2.16. The van der Waals surface area contributed by atoms with Crippen molar-refractivity contribution >= 4 is 28.9 Å². The molecule has 8 heteroatoms. The summed E-state index contributed by atoms with van der Waals surface area (Å²) in [4.78, 5) is 13.2. The lowest BCUT2D eigenvalue weighted by atomic mass is 10.2. The number of nitrogens with one attached hydrogen (secondary N) is 1. The topological polar surface area (TPSA) is 101 Å². The highest BCUT2D eigenvalue weighted by atomic mass is 32.2. The third kappa shape index (κ3) is 3.32. The Morgan fingerprint density at radius 2 is 2.19 bits per heavy atom. The minimum Gasteiger partial charge on any atom is -0.382 e. The van der Waals surface area contributed by atoms with E-state index >= 15 is 0 Å². The van der Waals surface area contributed by atoms with Crippen LogP contribution < -0.4 is 11.1 Å². The van der Waals surface area contributed by atoms with E-state index in [0.717, 1.165) is 36.7 Å². The molecule has 0 amide bonds. The van der Waals surface area contributed by atoms with Gasteiger partial charge in [-0.15, -0.1) is 11.8 Å². The molecule has 21 heavy (non-hydrogen) atoms. The number of aromatic nitrogens is 3. The lowest BCUT2D eigenvalue weighted by Crippen LogP contribution is -2.29. The van der Waals surface area contributed by atoms with Gasteiger partial charge in [0, 0.05) is 5.25 Å². The molecule has 2 aromatic rings. The largest absolute Gasteiger partial charge is 0.382 e. The molecule has 0 unspecified atom stereocenters. The molecule has 0 saturated carbocycles. The molecule has 0 bridgehead atoms. The number of nitrogen functional groups attached to an aromatic ring is 1. The number of nitriles is 1. The van der Waals surface area contributed by atoms with Crippen molar-refractivity contribution in [3.8, 4) is 16.8 Å². The van der Waals surface area contributed by atoms with Crippen LogP contribution in [0.15, 0.2) is 17.4 Å². The van der Waals surface area contributed by atoms with Crippen molar-refractivity contribution in [2.75, 3.05) is 18.8 Å². The number of nitrogens with two attached hydrogens (primary N) is 1. The van der Waals surface area contributed by atoms with Gasteiger partial charge in [-0.05, 0) is 32.0 Å². The summed E-state index contributed by atoms with van der Waals surface area (Å²) in [7, 11) is 0.